The molecule has 1 fully saturated rings. The lowest BCUT2D eigenvalue weighted by Gasteiger charge is -2.31. The molecule has 25 heavy (non-hydrogen) atoms. The van der Waals surface area contributed by atoms with Gasteiger partial charge in [0.05, 0.1) is 5.01 Å². The van der Waals surface area contributed by atoms with Gasteiger partial charge in [-0.1, -0.05) is 6.92 Å². The molecule has 1 saturated heterocycles. The number of aromatic amines is 1. The standard InChI is InChI=1S/C17H25N5O2S/c1-3-5-15-18-13(11-25-15)16(23)21-8-6-12(7-9-21)10-14-19-20-17(24)22(14)4-2/h11-12H,3-10H2,1-2H3,(H,20,24). The summed E-state index contributed by atoms with van der Waals surface area (Å²) < 4.78 is 1.68. The number of rotatable bonds is 6. The topological polar surface area (TPSA) is 83.9 Å². The highest BCUT2D eigenvalue weighted by molar-refractivity contribution is 7.09. The van der Waals surface area contributed by atoms with E-state index in [1.54, 1.807) is 15.9 Å². The molecule has 8 heteroatoms. The van der Waals surface area contributed by atoms with E-state index in [0.29, 0.717) is 18.2 Å². The SMILES string of the molecule is CCCc1nc(C(=O)N2CCC(Cc3n[nH]c(=O)n3CC)CC2)cs1. The monoisotopic (exact) mass is 363 g/mol. The van der Waals surface area contributed by atoms with Crippen molar-refractivity contribution in [3.05, 3.63) is 32.4 Å². The van der Waals surface area contributed by atoms with Crippen LogP contribution in [0.5, 0.6) is 0 Å². The largest absolute Gasteiger partial charge is 0.343 e. The van der Waals surface area contributed by atoms with E-state index in [4.69, 9.17) is 0 Å². The van der Waals surface area contributed by atoms with Crippen LogP contribution >= 0.6 is 11.3 Å². The second kappa shape index (κ2) is 7.95. The van der Waals surface area contributed by atoms with Gasteiger partial charge in [-0.15, -0.1) is 11.3 Å². The van der Waals surface area contributed by atoms with Crippen LogP contribution in [0.15, 0.2) is 10.2 Å². The van der Waals surface area contributed by atoms with Crippen molar-refractivity contribution in [1.82, 2.24) is 24.6 Å². The number of amides is 1. The van der Waals surface area contributed by atoms with Crippen LogP contribution in [0.25, 0.3) is 0 Å². The fourth-order valence-electron chi connectivity index (χ4n) is 3.33. The number of piperidine rings is 1. The molecule has 0 bridgehead atoms. The number of carbonyl (C=O) groups is 1. The molecule has 0 atom stereocenters. The van der Waals surface area contributed by atoms with Gasteiger partial charge in [-0.3, -0.25) is 9.36 Å². The van der Waals surface area contributed by atoms with E-state index in [0.717, 1.165) is 56.0 Å². The number of H-pyrrole nitrogens is 1. The molecule has 2 aromatic rings. The minimum absolute atomic E-state index is 0.0438. The van der Waals surface area contributed by atoms with Crippen molar-refractivity contribution in [2.75, 3.05) is 13.1 Å². The summed E-state index contributed by atoms with van der Waals surface area (Å²) >= 11 is 1.57. The highest BCUT2D eigenvalue weighted by Gasteiger charge is 2.26. The Morgan fingerprint density at radius 3 is 2.80 bits per heavy atom. The number of hydrogen-bond acceptors (Lipinski definition) is 5. The van der Waals surface area contributed by atoms with Crippen molar-refractivity contribution in [2.45, 2.75) is 52.5 Å². The van der Waals surface area contributed by atoms with E-state index >= 15 is 0 Å². The number of carbonyl (C=O) groups excluding carboxylic acids is 1. The zero-order chi connectivity index (χ0) is 17.8. The Kier molecular flexibility index (Phi) is 5.67. The number of hydrogen-bond donors (Lipinski definition) is 1. The smallest absolute Gasteiger partial charge is 0.337 e. The molecule has 0 spiro atoms. The van der Waals surface area contributed by atoms with Gasteiger partial charge >= 0.3 is 5.69 Å². The summed E-state index contributed by atoms with van der Waals surface area (Å²) in [4.78, 5) is 30.6. The van der Waals surface area contributed by atoms with Crippen LogP contribution in [-0.2, 0) is 19.4 Å². The second-order valence-electron chi connectivity index (χ2n) is 6.51. The summed E-state index contributed by atoms with van der Waals surface area (Å²) in [7, 11) is 0. The van der Waals surface area contributed by atoms with Crippen LogP contribution in [0, 0.1) is 5.92 Å². The molecule has 136 valence electrons. The molecule has 1 aliphatic rings. The van der Waals surface area contributed by atoms with Crippen molar-refractivity contribution in [2.24, 2.45) is 5.92 Å². The molecule has 1 N–H and O–H groups in total. The summed E-state index contributed by atoms with van der Waals surface area (Å²) in [5.74, 6) is 1.32. The Morgan fingerprint density at radius 1 is 1.36 bits per heavy atom. The first-order chi connectivity index (χ1) is 12.1. The molecule has 0 aromatic carbocycles. The van der Waals surface area contributed by atoms with Crippen molar-refractivity contribution < 1.29 is 4.79 Å². The fraction of sp³-hybridized carbons (Fsp3) is 0.647. The number of aryl methyl sites for hydroxylation is 1. The Morgan fingerprint density at radius 2 is 2.12 bits per heavy atom. The number of nitrogens with zero attached hydrogens (tertiary/aromatic N) is 4. The fourth-order valence-corrected chi connectivity index (χ4v) is 4.20. The van der Waals surface area contributed by atoms with Gasteiger partial charge in [0.1, 0.15) is 11.5 Å². The molecule has 1 amide bonds. The first kappa shape index (κ1) is 17.8. The third-order valence-corrected chi connectivity index (χ3v) is 5.67. The molecule has 0 unspecified atom stereocenters. The zero-order valence-electron chi connectivity index (χ0n) is 14.8. The van der Waals surface area contributed by atoms with Gasteiger partial charge in [0, 0.05) is 31.4 Å². The van der Waals surface area contributed by atoms with Crippen molar-refractivity contribution >= 4 is 17.2 Å². The summed E-state index contributed by atoms with van der Waals surface area (Å²) in [6.07, 6.45) is 4.63. The molecule has 3 heterocycles. The summed E-state index contributed by atoms with van der Waals surface area (Å²) in [6, 6.07) is 0. The van der Waals surface area contributed by atoms with Gasteiger partial charge in [-0.2, -0.15) is 5.10 Å². The molecule has 0 saturated carbocycles. The Hall–Kier alpha value is -1.96. The first-order valence-electron chi connectivity index (χ1n) is 9.00. The van der Waals surface area contributed by atoms with Crippen molar-refractivity contribution in [1.29, 1.82) is 0 Å². The third-order valence-electron chi connectivity index (χ3n) is 4.76. The lowest BCUT2D eigenvalue weighted by atomic mass is 9.93. The van der Waals surface area contributed by atoms with Gasteiger partial charge in [-0.05, 0) is 38.5 Å². The Balaban J connectivity index is 1.55. The maximum atomic E-state index is 12.6. The van der Waals surface area contributed by atoms with Gasteiger partial charge in [0.25, 0.3) is 5.91 Å². The first-order valence-corrected chi connectivity index (χ1v) is 9.88. The molecule has 1 aliphatic heterocycles. The molecule has 3 rings (SSSR count). The summed E-state index contributed by atoms with van der Waals surface area (Å²) in [5.41, 5.74) is 0.440. The van der Waals surface area contributed by atoms with E-state index in [-0.39, 0.29) is 11.6 Å². The van der Waals surface area contributed by atoms with Crippen LogP contribution in [0.3, 0.4) is 0 Å². The van der Waals surface area contributed by atoms with E-state index in [1.165, 1.54) is 0 Å². The Labute approximate surface area is 151 Å². The van der Waals surface area contributed by atoms with Gasteiger partial charge in [-0.25, -0.2) is 14.9 Å². The maximum Gasteiger partial charge on any atom is 0.343 e. The second-order valence-corrected chi connectivity index (χ2v) is 7.45. The van der Waals surface area contributed by atoms with Gasteiger partial charge < -0.3 is 4.90 Å². The molecule has 2 aromatic heterocycles. The lowest BCUT2D eigenvalue weighted by molar-refractivity contribution is 0.0684. The van der Waals surface area contributed by atoms with Gasteiger partial charge in [0.15, 0.2) is 0 Å². The average molecular weight is 363 g/mol. The normalized spacial score (nSPS) is 15.7. The van der Waals surface area contributed by atoms with E-state index < -0.39 is 0 Å². The van der Waals surface area contributed by atoms with Crippen LogP contribution in [0.4, 0.5) is 0 Å². The van der Waals surface area contributed by atoms with Crippen molar-refractivity contribution in [3.63, 3.8) is 0 Å². The predicted octanol–water partition coefficient (Wildman–Crippen LogP) is 2.10. The number of thiazole rings is 1. The van der Waals surface area contributed by atoms with Crippen molar-refractivity contribution in [3.8, 4) is 0 Å². The van der Waals surface area contributed by atoms with E-state index in [9.17, 15) is 9.59 Å². The molecule has 0 aliphatic carbocycles. The van der Waals surface area contributed by atoms with E-state index in [2.05, 4.69) is 22.1 Å². The number of nitrogens with one attached hydrogen (secondary N) is 1. The quantitative estimate of drug-likeness (QED) is 0.852. The van der Waals surface area contributed by atoms with Crippen LogP contribution in [-0.4, -0.2) is 43.6 Å². The maximum absolute atomic E-state index is 12.6. The minimum atomic E-state index is -0.142. The average Bonchev–Trinajstić information content (AvgIpc) is 3.22. The minimum Gasteiger partial charge on any atom is -0.337 e. The molecular weight excluding hydrogens is 338 g/mol. The van der Waals surface area contributed by atoms with Crippen LogP contribution in [0.1, 0.15) is 54.4 Å². The zero-order valence-corrected chi connectivity index (χ0v) is 15.6. The number of aromatic nitrogens is 4. The highest BCUT2D eigenvalue weighted by Crippen LogP contribution is 2.22. The molecule has 0 radical (unpaired) electrons. The molecule has 7 nitrogen and oxygen atoms in total. The lowest BCUT2D eigenvalue weighted by Crippen LogP contribution is -2.39. The van der Waals surface area contributed by atoms with Crippen LogP contribution < -0.4 is 5.69 Å². The summed E-state index contributed by atoms with van der Waals surface area (Å²) in [6.45, 7) is 6.18. The highest BCUT2D eigenvalue weighted by atomic mass is 32.1. The third kappa shape index (κ3) is 4.00. The Bertz CT molecular complexity index is 770. The van der Waals surface area contributed by atoms with Gasteiger partial charge in [0.2, 0.25) is 0 Å². The van der Waals surface area contributed by atoms with Crippen LogP contribution in [0.2, 0.25) is 0 Å². The predicted molar refractivity (Wildman–Crippen MR) is 97.0 cm³/mol. The summed E-state index contributed by atoms with van der Waals surface area (Å²) in [5, 5.41) is 9.58. The number of likely N-dealkylation sites (tertiary alicyclic amines) is 1. The van der Waals surface area contributed by atoms with E-state index in [1.807, 2.05) is 17.2 Å². The molecular formula is C17H25N5O2S.